The molecule has 0 heterocycles. The number of nitrogens with zero attached hydrogens (tertiary/aromatic N) is 2. The van der Waals surface area contributed by atoms with Gasteiger partial charge in [0, 0.05) is 20.6 Å². The monoisotopic (exact) mass is 202 g/mol. The molecule has 1 amide bonds. The van der Waals surface area contributed by atoms with Gasteiger partial charge in [-0.2, -0.15) is 0 Å². The van der Waals surface area contributed by atoms with E-state index < -0.39 is 0 Å². The largest absolute Gasteiger partial charge is 0.349 e. The maximum absolute atomic E-state index is 11.5. The predicted octanol–water partition coefficient (Wildman–Crippen LogP) is 1.69. The van der Waals surface area contributed by atoms with Crippen LogP contribution in [0.5, 0.6) is 0 Å². The van der Waals surface area contributed by atoms with E-state index in [0.29, 0.717) is 0 Å². The Bertz CT molecular complexity index is 144. The van der Waals surface area contributed by atoms with E-state index in [-0.39, 0.29) is 11.8 Å². The average molecular weight is 202 g/mol. The van der Waals surface area contributed by atoms with Crippen molar-refractivity contribution < 1.29 is 4.79 Å². The molecule has 0 fully saturated rings. The summed E-state index contributed by atoms with van der Waals surface area (Å²) in [5.41, 5.74) is 0. The molecular formula is C11H26N2O. The molecule has 86 valence electrons. The van der Waals surface area contributed by atoms with E-state index in [4.69, 9.17) is 0 Å². The summed E-state index contributed by atoms with van der Waals surface area (Å²) in [7, 11) is 7.60. The minimum atomic E-state index is 0.148. The highest BCUT2D eigenvalue weighted by molar-refractivity contribution is 5.78. The molecule has 0 saturated carbocycles. The summed E-state index contributed by atoms with van der Waals surface area (Å²) in [6, 6.07) is 0. The molecule has 1 unspecified atom stereocenters. The lowest BCUT2D eigenvalue weighted by molar-refractivity contribution is -0.133. The van der Waals surface area contributed by atoms with Gasteiger partial charge < -0.3 is 9.80 Å². The summed E-state index contributed by atoms with van der Waals surface area (Å²) in [5, 5.41) is 0. The first-order chi connectivity index (χ1) is 6.49. The topological polar surface area (TPSA) is 23.6 Å². The first kappa shape index (κ1) is 15.9. The standard InChI is InChI=1S/C9H20N2O.C2H6/c1-6-8(7-10(2)3)9(12)11(4)5;1-2/h8H,6-7H2,1-5H3;1-2H3. The third-order valence-corrected chi connectivity index (χ3v) is 1.87. The molecule has 0 aliphatic carbocycles. The van der Waals surface area contributed by atoms with Gasteiger partial charge in [-0.3, -0.25) is 4.79 Å². The zero-order chi connectivity index (χ0) is 11.7. The van der Waals surface area contributed by atoms with Gasteiger partial charge in [0.2, 0.25) is 5.91 Å². The van der Waals surface area contributed by atoms with Gasteiger partial charge in [-0.15, -0.1) is 0 Å². The number of carbonyl (C=O) groups is 1. The number of amides is 1. The zero-order valence-electron chi connectivity index (χ0n) is 10.8. The molecule has 0 aliphatic rings. The Labute approximate surface area is 89.1 Å². The van der Waals surface area contributed by atoms with Gasteiger partial charge >= 0.3 is 0 Å². The lowest BCUT2D eigenvalue weighted by atomic mass is 10.1. The average Bonchev–Trinajstić information content (AvgIpc) is 2.15. The summed E-state index contributed by atoms with van der Waals surface area (Å²) in [6.07, 6.45) is 0.912. The smallest absolute Gasteiger partial charge is 0.226 e. The van der Waals surface area contributed by atoms with Gasteiger partial charge in [-0.25, -0.2) is 0 Å². The van der Waals surface area contributed by atoms with Crippen LogP contribution >= 0.6 is 0 Å². The number of hydrogen-bond donors (Lipinski definition) is 0. The molecule has 3 nitrogen and oxygen atoms in total. The fourth-order valence-corrected chi connectivity index (χ4v) is 1.19. The summed E-state index contributed by atoms with van der Waals surface area (Å²) in [4.78, 5) is 15.2. The summed E-state index contributed by atoms with van der Waals surface area (Å²) in [6.45, 7) is 6.89. The lowest BCUT2D eigenvalue weighted by Crippen LogP contribution is -2.35. The first-order valence-electron chi connectivity index (χ1n) is 5.35. The Morgan fingerprint density at radius 2 is 1.57 bits per heavy atom. The molecule has 3 heteroatoms. The van der Waals surface area contributed by atoms with Crippen molar-refractivity contribution in [2.75, 3.05) is 34.7 Å². The summed E-state index contributed by atoms with van der Waals surface area (Å²) < 4.78 is 0. The highest BCUT2D eigenvalue weighted by atomic mass is 16.2. The van der Waals surface area contributed by atoms with E-state index in [9.17, 15) is 4.79 Å². The Hall–Kier alpha value is -0.570. The maximum atomic E-state index is 11.5. The van der Waals surface area contributed by atoms with Crippen LogP contribution in [0, 0.1) is 5.92 Å². The summed E-state index contributed by atoms with van der Waals surface area (Å²) in [5.74, 6) is 0.376. The molecular weight excluding hydrogens is 176 g/mol. The van der Waals surface area contributed by atoms with Crippen LogP contribution in [0.4, 0.5) is 0 Å². The SMILES string of the molecule is CC.CCC(CN(C)C)C(=O)N(C)C. The van der Waals surface area contributed by atoms with E-state index >= 15 is 0 Å². The quantitative estimate of drug-likeness (QED) is 0.692. The van der Waals surface area contributed by atoms with Crippen molar-refractivity contribution >= 4 is 5.91 Å². The van der Waals surface area contributed by atoms with Crippen LogP contribution in [0.3, 0.4) is 0 Å². The van der Waals surface area contributed by atoms with Crippen molar-refractivity contribution in [3.05, 3.63) is 0 Å². The van der Waals surface area contributed by atoms with Gasteiger partial charge in [0.05, 0.1) is 5.92 Å². The van der Waals surface area contributed by atoms with Crippen molar-refractivity contribution in [2.45, 2.75) is 27.2 Å². The van der Waals surface area contributed by atoms with Crippen molar-refractivity contribution in [1.82, 2.24) is 9.80 Å². The Kier molecular flexibility index (Phi) is 10.2. The second kappa shape index (κ2) is 9.00. The normalized spacial score (nSPS) is 11.7. The van der Waals surface area contributed by atoms with Crippen molar-refractivity contribution in [3.63, 3.8) is 0 Å². The van der Waals surface area contributed by atoms with E-state index in [2.05, 4.69) is 11.8 Å². The number of rotatable bonds is 4. The van der Waals surface area contributed by atoms with Gasteiger partial charge in [0.25, 0.3) is 0 Å². The second-order valence-corrected chi connectivity index (χ2v) is 3.60. The minimum Gasteiger partial charge on any atom is -0.349 e. The van der Waals surface area contributed by atoms with Crippen LogP contribution < -0.4 is 0 Å². The third kappa shape index (κ3) is 6.89. The van der Waals surface area contributed by atoms with E-state index in [0.717, 1.165) is 13.0 Å². The highest BCUT2D eigenvalue weighted by Crippen LogP contribution is 2.06. The molecule has 0 bridgehead atoms. The van der Waals surface area contributed by atoms with Gasteiger partial charge in [-0.05, 0) is 20.5 Å². The van der Waals surface area contributed by atoms with Crippen molar-refractivity contribution in [1.29, 1.82) is 0 Å². The van der Waals surface area contributed by atoms with Crippen molar-refractivity contribution in [2.24, 2.45) is 5.92 Å². The van der Waals surface area contributed by atoms with Gasteiger partial charge in [0.15, 0.2) is 0 Å². The molecule has 0 aliphatic heterocycles. The Morgan fingerprint density at radius 1 is 1.14 bits per heavy atom. The van der Waals surface area contributed by atoms with Crippen LogP contribution in [0.25, 0.3) is 0 Å². The van der Waals surface area contributed by atoms with Gasteiger partial charge in [-0.1, -0.05) is 20.8 Å². The lowest BCUT2D eigenvalue weighted by Gasteiger charge is -2.22. The van der Waals surface area contributed by atoms with Gasteiger partial charge in [0.1, 0.15) is 0 Å². The molecule has 0 aromatic carbocycles. The van der Waals surface area contributed by atoms with Crippen LogP contribution in [0.2, 0.25) is 0 Å². The van der Waals surface area contributed by atoms with Crippen LogP contribution in [0.15, 0.2) is 0 Å². The van der Waals surface area contributed by atoms with E-state index in [1.807, 2.05) is 27.9 Å². The van der Waals surface area contributed by atoms with E-state index in [1.165, 1.54) is 0 Å². The summed E-state index contributed by atoms with van der Waals surface area (Å²) >= 11 is 0. The molecule has 0 rings (SSSR count). The predicted molar refractivity (Wildman–Crippen MR) is 62.4 cm³/mol. The van der Waals surface area contributed by atoms with Crippen LogP contribution in [-0.4, -0.2) is 50.4 Å². The molecule has 0 aromatic rings. The van der Waals surface area contributed by atoms with Crippen molar-refractivity contribution in [3.8, 4) is 0 Å². The third-order valence-electron chi connectivity index (χ3n) is 1.87. The number of hydrogen-bond acceptors (Lipinski definition) is 2. The number of carbonyl (C=O) groups excluding carboxylic acids is 1. The molecule has 14 heavy (non-hydrogen) atoms. The Balaban J connectivity index is 0. The molecule has 0 saturated heterocycles. The molecule has 1 atom stereocenters. The first-order valence-corrected chi connectivity index (χ1v) is 5.35. The maximum Gasteiger partial charge on any atom is 0.226 e. The Morgan fingerprint density at radius 3 is 1.79 bits per heavy atom. The highest BCUT2D eigenvalue weighted by Gasteiger charge is 2.18. The minimum absolute atomic E-state index is 0.148. The van der Waals surface area contributed by atoms with Crippen LogP contribution in [0.1, 0.15) is 27.2 Å². The fourth-order valence-electron chi connectivity index (χ4n) is 1.19. The van der Waals surface area contributed by atoms with E-state index in [1.54, 1.807) is 19.0 Å². The zero-order valence-corrected chi connectivity index (χ0v) is 10.8. The van der Waals surface area contributed by atoms with Crippen LogP contribution in [-0.2, 0) is 4.79 Å². The molecule has 0 N–H and O–H groups in total. The second-order valence-electron chi connectivity index (χ2n) is 3.60. The molecule has 0 radical (unpaired) electrons. The fraction of sp³-hybridized carbons (Fsp3) is 0.909. The molecule has 0 aromatic heterocycles. The molecule has 0 spiro atoms.